The van der Waals surface area contributed by atoms with Gasteiger partial charge in [-0.1, -0.05) is 13.8 Å². The first kappa shape index (κ1) is 11.5. The fourth-order valence-corrected chi connectivity index (χ4v) is 1.88. The van der Waals surface area contributed by atoms with Crippen LogP contribution >= 0.6 is 0 Å². The second kappa shape index (κ2) is 5.35. The van der Waals surface area contributed by atoms with Crippen molar-refractivity contribution in [1.82, 2.24) is 4.90 Å². The summed E-state index contributed by atoms with van der Waals surface area (Å²) in [5.74, 6) is 1.43. The third-order valence-electron chi connectivity index (χ3n) is 3.02. The molecule has 3 heteroatoms. The van der Waals surface area contributed by atoms with Crippen LogP contribution in [0.1, 0.15) is 33.1 Å². The number of carbonyl (C=O) groups excluding carboxylic acids is 1. The van der Waals surface area contributed by atoms with Crippen LogP contribution in [-0.2, 0) is 4.79 Å². The molecule has 3 nitrogen and oxygen atoms in total. The van der Waals surface area contributed by atoms with Crippen molar-refractivity contribution in [2.75, 3.05) is 19.7 Å². The Hall–Kier alpha value is -0.570. The van der Waals surface area contributed by atoms with Crippen LogP contribution < -0.4 is 0 Å². The first-order valence-corrected chi connectivity index (χ1v) is 5.53. The van der Waals surface area contributed by atoms with Crippen molar-refractivity contribution in [3.8, 4) is 0 Å². The molecule has 0 aromatic carbocycles. The van der Waals surface area contributed by atoms with Crippen LogP contribution in [0.4, 0.5) is 0 Å². The van der Waals surface area contributed by atoms with Crippen molar-refractivity contribution < 1.29 is 9.90 Å². The summed E-state index contributed by atoms with van der Waals surface area (Å²) >= 11 is 0. The number of hydrogen-bond acceptors (Lipinski definition) is 2. The van der Waals surface area contributed by atoms with Gasteiger partial charge in [0.25, 0.3) is 0 Å². The minimum atomic E-state index is 0.232. The molecule has 1 N–H and O–H groups in total. The normalized spacial score (nSPS) is 22.4. The van der Waals surface area contributed by atoms with E-state index in [1.54, 1.807) is 0 Å². The molecule has 82 valence electrons. The maximum Gasteiger partial charge on any atom is 0.222 e. The second-order valence-electron chi connectivity index (χ2n) is 4.48. The quantitative estimate of drug-likeness (QED) is 0.677. The van der Waals surface area contributed by atoms with Crippen molar-refractivity contribution in [3.63, 3.8) is 0 Å². The van der Waals surface area contributed by atoms with Gasteiger partial charge in [0, 0.05) is 26.1 Å². The molecule has 1 heterocycles. The average molecular weight is 199 g/mol. The third kappa shape index (κ3) is 2.98. The van der Waals surface area contributed by atoms with E-state index in [0.29, 0.717) is 17.7 Å². The molecule has 14 heavy (non-hydrogen) atoms. The van der Waals surface area contributed by atoms with E-state index in [1.165, 1.54) is 0 Å². The molecule has 0 aromatic rings. The Bertz CT molecular complexity index is 192. The number of aliphatic hydroxyl groups excluding tert-OH is 1. The molecule has 1 aliphatic rings. The van der Waals surface area contributed by atoms with E-state index in [0.717, 1.165) is 32.4 Å². The minimum Gasteiger partial charge on any atom is -0.396 e. The molecule has 0 radical (unpaired) electrons. The number of hydrogen-bond donors (Lipinski definition) is 1. The lowest BCUT2D eigenvalue weighted by atomic mass is 9.95. The van der Waals surface area contributed by atoms with E-state index >= 15 is 0 Å². The lowest BCUT2D eigenvalue weighted by molar-refractivity contribution is -0.127. The molecule has 1 unspecified atom stereocenters. The van der Waals surface area contributed by atoms with Crippen LogP contribution in [0.25, 0.3) is 0 Å². The fraction of sp³-hybridized carbons (Fsp3) is 0.909. The maximum absolute atomic E-state index is 11.5. The van der Waals surface area contributed by atoms with E-state index in [9.17, 15) is 4.79 Å². The van der Waals surface area contributed by atoms with Gasteiger partial charge in [-0.3, -0.25) is 4.79 Å². The van der Waals surface area contributed by atoms with E-state index in [-0.39, 0.29) is 6.61 Å². The number of nitrogens with zero attached hydrogens (tertiary/aromatic N) is 1. The standard InChI is InChI=1S/C11H21NO2/c1-9(2)10-7-11(14)12(8-10)5-3-4-6-13/h9-10,13H,3-8H2,1-2H3. The third-order valence-corrected chi connectivity index (χ3v) is 3.02. The molecule has 0 saturated carbocycles. The molecule has 1 fully saturated rings. The summed E-state index contributed by atoms with van der Waals surface area (Å²) in [6, 6.07) is 0. The average Bonchev–Trinajstić information content (AvgIpc) is 2.49. The van der Waals surface area contributed by atoms with Crippen LogP contribution in [0.5, 0.6) is 0 Å². The molecule has 1 amide bonds. The highest BCUT2D eigenvalue weighted by Crippen LogP contribution is 2.24. The zero-order valence-corrected chi connectivity index (χ0v) is 9.20. The summed E-state index contributed by atoms with van der Waals surface area (Å²) in [6.45, 7) is 6.32. The van der Waals surface area contributed by atoms with Crippen LogP contribution in [0.3, 0.4) is 0 Å². The van der Waals surface area contributed by atoms with Gasteiger partial charge in [-0.15, -0.1) is 0 Å². The van der Waals surface area contributed by atoms with Gasteiger partial charge in [0.2, 0.25) is 5.91 Å². The molecule has 0 spiro atoms. The van der Waals surface area contributed by atoms with Crippen molar-refractivity contribution in [2.45, 2.75) is 33.1 Å². The Morgan fingerprint density at radius 2 is 2.21 bits per heavy atom. The van der Waals surface area contributed by atoms with E-state index < -0.39 is 0 Å². The second-order valence-corrected chi connectivity index (χ2v) is 4.48. The summed E-state index contributed by atoms with van der Waals surface area (Å²) in [7, 11) is 0. The number of carbonyl (C=O) groups is 1. The highest BCUT2D eigenvalue weighted by molar-refractivity contribution is 5.78. The molecule has 1 saturated heterocycles. The Morgan fingerprint density at radius 3 is 2.71 bits per heavy atom. The highest BCUT2D eigenvalue weighted by Gasteiger charge is 2.30. The Morgan fingerprint density at radius 1 is 1.50 bits per heavy atom. The SMILES string of the molecule is CC(C)C1CC(=O)N(CCCCO)C1. The number of amides is 1. The van der Waals surface area contributed by atoms with Crippen molar-refractivity contribution in [2.24, 2.45) is 11.8 Å². The molecule has 1 rings (SSSR count). The zero-order chi connectivity index (χ0) is 10.6. The number of aliphatic hydroxyl groups is 1. The van der Waals surface area contributed by atoms with E-state index in [4.69, 9.17) is 5.11 Å². The number of rotatable bonds is 5. The van der Waals surface area contributed by atoms with Gasteiger partial charge >= 0.3 is 0 Å². The number of likely N-dealkylation sites (tertiary alicyclic amines) is 1. The maximum atomic E-state index is 11.5. The summed E-state index contributed by atoms with van der Waals surface area (Å²) in [5, 5.41) is 8.64. The topological polar surface area (TPSA) is 40.5 Å². The van der Waals surface area contributed by atoms with Crippen molar-refractivity contribution in [3.05, 3.63) is 0 Å². The van der Waals surface area contributed by atoms with Crippen LogP contribution in [0.2, 0.25) is 0 Å². The summed E-state index contributed by atoms with van der Waals surface area (Å²) < 4.78 is 0. The van der Waals surface area contributed by atoms with Gasteiger partial charge in [-0.2, -0.15) is 0 Å². The number of unbranched alkanes of at least 4 members (excludes halogenated alkanes) is 1. The van der Waals surface area contributed by atoms with Gasteiger partial charge < -0.3 is 10.0 Å². The van der Waals surface area contributed by atoms with Crippen LogP contribution in [-0.4, -0.2) is 35.6 Å². The van der Waals surface area contributed by atoms with Crippen LogP contribution in [0.15, 0.2) is 0 Å². The molecular weight excluding hydrogens is 178 g/mol. The van der Waals surface area contributed by atoms with Gasteiger partial charge in [0.15, 0.2) is 0 Å². The molecule has 0 bridgehead atoms. The predicted octanol–water partition coefficient (Wildman–Crippen LogP) is 1.26. The minimum absolute atomic E-state index is 0.232. The molecule has 0 aromatic heterocycles. The molecule has 1 aliphatic heterocycles. The highest BCUT2D eigenvalue weighted by atomic mass is 16.2. The molecule has 0 aliphatic carbocycles. The first-order chi connectivity index (χ1) is 6.65. The Balaban J connectivity index is 2.30. The largest absolute Gasteiger partial charge is 0.396 e. The lowest BCUT2D eigenvalue weighted by Crippen LogP contribution is -2.26. The molecular formula is C11H21NO2. The van der Waals surface area contributed by atoms with E-state index in [1.807, 2.05) is 4.90 Å². The Labute approximate surface area is 86.1 Å². The van der Waals surface area contributed by atoms with Gasteiger partial charge in [-0.05, 0) is 24.7 Å². The van der Waals surface area contributed by atoms with Crippen LogP contribution in [0, 0.1) is 11.8 Å². The summed E-state index contributed by atoms with van der Waals surface area (Å²) in [4.78, 5) is 13.5. The van der Waals surface area contributed by atoms with Gasteiger partial charge in [-0.25, -0.2) is 0 Å². The summed E-state index contributed by atoms with van der Waals surface area (Å²) in [6.07, 6.45) is 2.44. The van der Waals surface area contributed by atoms with Gasteiger partial charge in [0.1, 0.15) is 0 Å². The zero-order valence-electron chi connectivity index (χ0n) is 9.20. The first-order valence-electron chi connectivity index (χ1n) is 5.53. The Kier molecular flexibility index (Phi) is 4.39. The lowest BCUT2D eigenvalue weighted by Gasteiger charge is -2.17. The van der Waals surface area contributed by atoms with E-state index in [2.05, 4.69) is 13.8 Å². The van der Waals surface area contributed by atoms with Crippen molar-refractivity contribution >= 4 is 5.91 Å². The monoisotopic (exact) mass is 199 g/mol. The smallest absolute Gasteiger partial charge is 0.222 e. The predicted molar refractivity (Wildman–Crippen MR) is 55.8 cm³/mol. The summed E-state index contributed by atoms with van der Waals surface area (Å²) in [5.41, 5.74) is 0. The van der Waals surface area contributed by atoms with Crippen molar-refractivity contribution in [1.29, 1.82) is 0 Å². The fourth-order valence-electron chi connectivity index (χ4n) is 1.88. The molecule has 1 atom stereocenters. The van der Waals surface area contributed by atoms with Gasteiger partial charge in [0.05, 0.1) is 0 Å².